The minimum absolute atomic E-state index is 0.175. The van der Waals surface area contributed by atoms with Crippen molar-refractivity contribution >= 4 is 23.2 Å². The van der Waals surface area contributed by atoms with Crippen LogP contribution in [-0.4, -0.2) is 29.0 Å². The van der Waals surface area contributed by atoms with Gasteiger partial charge in [0.2, 0.25) is 0 Å². The Morgan fingerprint density at radius 1 is 1.41 bits per heavy atom. The van der Waals surface area contributed by atoms with Crippen molar-refractivity contribution in [3.63, 3.8) is 0 Å². The Morgan fingerprint density at radius 2 is 2.12 bits per heavy atom. The van der Waals surface area contributed by atoms with Gasteiger partial charge in [0.1, 0.15) is 5.15 Å². The van der Waals surface area contributed by atoms with Crippen molar-refractivity contribution in [2.24, 2.45) is 0 Å². The molecule has 0 aromatic carbocycles. The highest BCUT2D eigenvalue weighted by Crippen LogP contribution is 2.16. The van der Waals surface area contributed by atoms with Crippen LogP contribution in [0.4, 0.5) is 5.69 Å². The molecule has 0 aliphatic carbocycles. The molecule has 1 aromatic heterocycles. The van der Waals surface area contributed by atoms with Crippen LogP contribution in [0.25, 0.3) is 0 Å². The summed E-state index contributed by atoms with van der Waals surface area (Å²) in [7, 11) is 0. The fourth-order valence-corrected chi connectivity index (χ4v) is 2.02. The molecule has 1 fully saturated rings. The number of aromatic nitrogens is 1. The lowest BCUT2D eigenvalue weighted by molar-refractivity contribution is 0.0750. The molecule has 2 heterocycles. The fraction of sp³-hybridized carbons (Fsp3) is 0.455. The maximum atomic E-state index is 12.0. The predicted octanol–water partition coefficient (Wildman–Crippen LogP) is 1.45. The van der Waals surface area contributed by atoms with Gasteiger partial charge in [0.15, 0.2) is 0 Å². The maximum Gasteiger partial charge on any atom is 0.268 e. The van der Waals surface area contributed by atoms with Gasteiger partial charge in [-0.1, -0.05) is 18.0 Å². The summed E-state index contributed by atoms with van der Waals surface area (Å²) < 4.78 is 0. The van der Waals surface area contributed by atoms with E-state index in [-0.39, 0.29) is 11.1 Å². The summed E-state index contributed by atoms with van der Waals surface area (Å²) in [5, 5.41) is 2.08. The monoisotopic (exact) mass is 254 g/mol. The first-order valence-electron chi connectivity index (χ1n) is 5.64. The number of hydrogen-bond acceptors (Lipinski definition) is 4. The number of hydrogen-bond donors (Lipinski definition) is 2. The van der Waals surface area contributed by atoms with Gasteiger partial charge in [0.05, 0.1) is 17.4 Å². The van der Waals surface area contributed by atoms with Crippen molar-refractivity contribution in [3.05, 3.63) is 23.0 Å². The number of hydrazine groups is 1. The molecule has 0 bridgehead atoms. The van der Waals surface area contributed by atoms with Crippen LogP contribution < -0.4 is 11.2 Å². The summed E-state index contributed by atoms with van der Waals surface area (Å²) in [6.07, 6.45) is 4.85. The van der Waals surface area contributed by atoms with Crippen molar-refractivity contribution in [1.82, 2.24) is 15.4 Å². The number of halogens is 1. The largest absolute Gasteiger partial charge is 0.397 e. The molecule has 0 saturated carbocycles. The second-order valence-electron chi connectivity index (χ2n) is 4.10. The second-order valence-corrected chi connectivity index (χ2v) is 4.45. The summed E-state index contributed by atoms with van der Waals surface area (Å²) in [6, 6.07) is 1.54. The van der Waals surface area contributed by atoms with Crippen LogP contribution >= 0.6 is 11.6 Å². The third-order valence-electron chi connectivity index (χ3n) is 2.72. The highest BCUT2D eigenvalue weighted by atomic mass is 35.5. The predicted molar refractivity (Wildman–Crippen MR) is 66.5 cm³/mol. The number of carbonyl (C=O) groups is 1. The molecule has 1 aliphatic rings. The molecule has 1 aliphatic heterocycles. The lowest BCUT2D eigenvalue weighted by atomic mass is 10.2. The van der Waals surface area contributed by atoms with Crippen LogP contribution in [-0.2, 0) is 0 Å². The molecule has 0 spiro atoms. The van der Waals surface area contributed by atoms with Crippen molar-refractivity contribution in [1.29, 1.82) is 0 Å². The summed E-state index contributed by atoms with van der Waals surface area (Å²) in [5.41, 5.74) is 9.15. The smallest absolute Gasteiger partial charge is 0.268 e. The van der Waals surface area contributed by atoms with Gasteiger partial charge in [-0.25, -0.2) is 9.99 Å². The lowest BCUT2D eigenvalue weighted by Gasteiger charge is -2.26. The van der Waals surface area contributed by atoms with E-state index in [1.807, 2.05) is 5.01 Å². The van der Waals surface area contributed by atoms with Crippen molar-refractivity contribution < 1.29 is 4.79 Å². The number of nitrogens with one attached hydrogen (secondary N) is 1. The van der Waals surface area contributed by atoms with Gasteiger partial charge in [-0.05, 0) is 18.9 Å². The summed E-state index contributed by atoms with van der Waals surface area (Å²) >= 11 is 5.86. The highest BCUT2D eigenvalue weighted by molar-refractivity contribution is 6.32. The molecule has 3 N–H and O–H groups in total. The molecule has 0 unspecified atom stereocenters. The topological polar surface area (TPSA) is 71.2 Å². The van der Waals surface area contributed by atoms with Gasteiger partial charge in [0.25, 0.3) is 5.91 Å². The Kier molecular flexibility index (Phi) is 3.81. The van der Waals surface area contributed by atoms with Crippen LogP contribution in [0.2, 0.25) is 5.15 Å². The number of amides is 1. The standard InChI is InChI=1S/C11H15ClN4O/c12-10-9(6-8(13)7-14-10)11(17)15-16-4-2-1-3-5-16/h6-7H,1-5,13H2,(H,15,17). The second kappa shape index (κ2) is 5.33. The molecule has 17 heavy (non-hydrogen) atoms. The van der Waals surface area contributed by atoms with Gasteiger partial charge >= 0.3 is 0 Å². The molecule has 5 nitrogen and oxygen atoms in total. The van der Waals surface area contributed by atoms with Crippen LogP contribution in [0.1, 0.15) is 29.6 Å². The van der Waals surface area contributed by atoms with E-state index in [0.29, 0.717) is 11.3 Å². The number of rotatable bonds is 2. The fourth-order valence-electron chi connectivity index (χ4n) is 1.83. The van der Waals surface area contributed by atoms with Gasteiger partial charge < -0.3 is 5.73 Å². The van der Waals surface area contributed by atoms with Crippen molar-refractivity contribution in [3.8, 4) is 0 Å². The Balaban J connectivity index is 2.05. The molecule has 6 heteroatoms. The van der Waals surface area contributed by atoms with Crippen molar-refractivity contribution in [2.45, 2.75) is 19.3 Å². The van der Waals surface area contributed by atoms with E-state index < -0.39 is 0 Å². The van der Waals surface area contributed by atoms with E-state index in [0.717, 1.165) is 25.9 Å². The molecule has 2 rings (SSSR count). The third-order valence-corrected chi connectivity index (χ3v) is 3.02. The lowest BCUT2D eigenvalue weighted by Crippen LogP contribution is -2.45. The number of nitrogens with two attached hydrogens (primary N) is 1. The zero-order valence-corrected chi connectivity index (χ0v) is 10.2. The number of pyridine rings is 1. The average Bonchev–Trinajstić information content (AvgIpc) is 2.33. The third kappa shape index (κ3) is 3.08. The van der Waals surface area contributed by atoms with Crippen LogP contribution in [0.15, 0.2) is 12.3 Å². The Bertz CT molecular complexity index is 418. The molecule has 1 saturated heterocycles. The molecule has 92 valence electrons. The Morgan fingerprint density at radius 3 is 2.82 bits per heavy atom. The number of nitrogen functional groups attached to an aromatic ring is 1. The minimum atomic E-state index is -0.253. The van der Waals surface area contributed by atoms with E-state index in [1.165, 1.54) is 18.7 Å². The Hall–Kier alpha value is -1.33. The number of piperidine rings is 1. The molecular formula is C11H15ClN4O. The van der Waals surface area contributed by atoms with Gasteiger partial charge in [-0.2, -0.15) is 0 Å². The number of anilines is 1. The summed E-state index contributed by atoms with van der Waals surface area (Å²) in [6.45, 7) is 1.75. The maximum absolute atomic E-state index is 12.0. The normalized spacial score (nSPS) is 16.8. The van der Waals surface area contributed by atoms with Crippen LogP contribution in [0.3, 0.4) is 0 Å². The van der Waals surface area contributed by atoms with E-state index in [1.54, 1.807) is 0 Å². The molecule has 1 amide bonds. The highest BCUT2D eigenvalue weighted by Gasteiger charge is 2.16. The van der Waals surface area contributed by atoms with Gasteiger partial charge in [0, 0.05) is 13.1 Å². The number of nitrogens with zero attached hydrogens (tertiary/aromatic N) is 2. The van der Waals surface area contributed by atoms with Crippen molar-refractivity contribution in [2.75, 3.05) is 18.8 Å². The zero-order valence-electron chi connectivity index (χ0n) is 9.45. The van der Waals surface area contributed by atoms with E-state index >= 15 is 0 Å². The van der Waals surface area contributed by atoms with E-state index in [2.05, 4.69) is 10.4 Å². The van der Waals surface area contributed by atoms with E-state index in [9.17, 15) is 4.79 Å². The average molecular weight is 255 g/mol. The summed E-state index contributed by atoms with van der Waals surface area (Å²) in [4.78, 5) is 15.8. The first kappa shape index (κ1) is 12.1. The van der Waals surface area contributed by atoms with Crippen LogP contribution in [0, 0.1) is 0 Å². The van der Waals surface area contributed by atoms with Gasteiger partial charge in [-0.3, -0.25) is 10.2 Å². The first-order chi connectivity index (χ1) is 8.16. The molecule has 1 aromatic rings. The van der Waals surface area contributed by atoms with Gasteiger partial charge in [-0.15, -0.1) is 0 Å². The first-order valence-corrected chi connectivity index (χ1v) is 6.01. The molecule has 0 atom stereocenters. The molecular weight excluding hydrogens is 240 g/mol. The number of carbonyl (C=O) groups excluding carboxylic acids is 1. The zero-order chi connectivity index (χ0) is 12.3. The Labute approximate surface area is 105 Å². The molecule has 0 radical (unpaired) electrons. The summed E-state index contributed by atoms with van der Waals surface area (Å²) in [5.74, 6) is -0.253. The quantitative estimate of drug-likeness (QED) is 0.784. The SMILES string of the molecule is Nc1cnc(Cl)c(C(=O)NN2CCCCC2)c1. The van der Waals surface area contributed by atoms with E-state index in [4.69, 9.17) is 17.3 Å². The van der Waals surface area contributed by atoms with Crippen LogP contribution in [0.5, 0.6) is 0 Å². The minimum Gasteiger partial charge on any atom is -0.397 e.